The van der Waals surface area contributed by atoms with Gasteiger partial charge < -0.3 is 15.3 Å². The largest absolute Gasteiger partial charge is 0.480 e. The molecule has 0 heterocycles. The van der Waals surface area contributed by atoms with Crippen molar-refractivity contribution in [1.82, 2.24) is 10.2 Å². The molecule has 13 heavy (non-hydrogen) atoms. The monoisotopic (exact) mass is 188 g/mol. The summed E-state index contributed by atoms with van der Waals surface area (Å²) in [5.74, 6) is -0.758. The molecule has 0 saturated carbocycles. The fourth-order valence-electron chi connectivity index (χ4n) is 1.07. The third kappa shape index (κ3) is 5.60. The van der Waals surface area contributed by atoms with Gasteiger partial charge in [0.1, 0.15) is 6.04 Å². The summed E-state index contributed by atoms with van der Waals surface area (Å²) in [6, 6.07) is -0.404. The van der Waals surface area contributed by atoms with Crippen LogP contribution >= 0.6 is 0 Å². The van der Waals surface area contributed by atoms with E-state index < -0.39 is 12.0 Å². The molecule has 0 aromatic rings. The first-order chi connectivity index (χ1) is 6.11. The van der Waals surface area contributed by atoms with Gasteiger partial charge in [-0.25, -0.2) is 0 Å². The number of hydrogen-bond donors (Lipinski definition) is 2. The molecule has 0 amide bonds. The van der Waals surface area contributed by atoms with Crippen LogP contribution in [-0.4, -0.2) is 48.7 Å². The molecule has 0 radical (unpaired) electrons. The Balaban J connectivity index is 3.75. The summed E-state index contributed by atoms with van der Waals surface area (Å²) in [6.07, 6.45) is 0.660. The van der Waals surface area contributed by atoms with Crippen molar-refractivity contribution >= 4 is 5.97 Å². The van der Waals surface area contributed by atoms with Crippen LogP contribution in [0.5, 0.6) is 0 Å². The lowest BCUT2D eigenvalue weighted by Gasteiger charge is -2.18. The number of aliphatic carboxylic acids is 1. The van der Waals surface area contributed by atoms with Crippen molar-refractivity contribution in [2.45, 2.75) is 26.3 Å². The van der Waals surface area contributed by atoms with Crippen molar-refractivity contribution in [2.24, 2.45) is 0 Å². The van der Waals surface area contributed by atoms with Gasteiger partial charge in [-0.05, 0) is 33.1 Å². The van der Waals surface area contributed by atoms with Gasteiger partial charge in [0.25, 0.3) is 0 Å². The lowest BCUT2D eigenvalue weighted by atomic mass is 10.2. The summed E-state index contributed by atoms with van der Waals surface area (Å²) in [5.41, 5.74) is 0. The van der Waals surface area contributed by atoms with Crippen LogP contribution in [0.2, 0.25) is 0 Å². The van der Waals surface area contributed by atoms with Gasteiger partial charge in [-0.1, -0.05) is 13.8 Å². The van der Waals surface area contributed by atoms with Gasteiger partial charge in [0.05, 0.1) is 0 Å². The van der Waals surface area contributed by atoms with Gasteiger partial charge in [-0.2, -0.15) is 0 Å². The topological polar surface area (TPSA) is 52.6 Å². The van der Waals surface area contributed by atoms with E-state index in [0.717, 1.165) is 13.1 Å². The second-order valence-corrected chi connectivity index (χ2v) is 3.13. The highest BCUT2D eigenvalue weighted by Gasteiger charge is 2.15. The van der Waals surface area contributed by atoms with Crippen LogP contribution in [0.15, 0.2) is 0 Å². The zero-order chi connectivity index (χ0) is 10.3. The van der Waals surface area contributed by atoms with E-state index in [2.05, 4.69) is 17.1 Å². The Hall–Kier alpha value is -0.610. The lowest BCUT2D eigenvalue weighted by Crippen LogP contribution is -2.39. The molecule has 0 spiro atoms. The van der Waals surface area contributed by atoms with E-state index in [0.29, 0.717) is 13.0 Å². The molecule has 0 aliphatic carbocycles. The van der Waals surface area contributed by atoms with Crippen molar-refractivity contribution in [1.29, 1.82) is 0 Å². The molecule has 0 aliphatic rings. The minimum atomic E-state index is -0.758. The van der Waals surface area contributed by atoms with Crippen molar-refractivity contribution in [3.05, 3.63) is 0 Å². The van der Waals surface area contributed by atoms with E-state index in [4.69, 9.17) is 5.11 Å². The highest BCUT2D eigenvalue weighted by atomic mass is 16.4. The molecule has 0 aromatic carbocycles. The second kappa shape index (κ2) is 6.86. The van der Waals surface area contributed by atoms with Gasteiger partial charge in [0.15, 0.2) is 0 Å². The molecule has 1 unspecified atom stereocenters. The smallest absolute Gasteiger partial charge is 0.320 e. The molecule has 2 N–H and O–H groups in total. The third-order valence-electron chi connectivity index (χ3n) is 2.09. The van der Waals surface area contributed by atoms with E-state index in [1.54, 1.807) is 0 Å². The van der Waals surface area contributed by atoms with E-state index in [-0.39, 0.29) is 0 Å². The minimum Gasteiger partial charge on any atom is -0.480 e. The second-order valence-electron chi connectivity index (χ2n) is 3.13. The van der Waals surface area contributed by atoms with E-state index >= 15 is 0 Å². The maximum atomic E-state index is 10.7. The summed E-state index contributed by atoms with van der Waals surface area (Å²) < 4.78 is 0. The molecule has 0 bridgehead atoms. The fourth-order valence-corrected chi connectivity index (χ4v) is 1.07. The molecule has 0 aromatic heterocycles. The standard InChI is InChI=1S/C9H20N2O2/c1-4-10-8(9(12)13)6-7-11(3)5-2/h8,10H,4-7H2,1-3H3,(H,12,13). The van der Waals surface area contributed by atoms with Crippen LogP contribution in [0.1, 0.15) is 20.3 Å². The Morgan fingerprint density at radius 2 is 2.15 bits per heavy atom. The number of likely N-dealkylation sites (N-methyl/N-ethyl adjacent to an activating group) is 1. The first-order valence-electron chi connectivity index (χ1n) is 4.76. The van der Waals surface area contributed by atoms with Crippen molar-refractivity contribution in [3.8, 4) is 0 Å². The van der Waals surface area contributed by atoms with Gasteiger partial charge in [-0.3, -0.25) is 4.79 Å². The zero-order valence-corrected chi connectivity index (χ0v) is 8.71. The maximum Gasteiger partial charge on any atom is 0.320 e. The number of hydrogen-bond acceptors (Lipinski definition) is 3. The molecular weight excluding hydrogens is 168 g/mol. The average molecular weight is 188 g/mol. The summed E-state index contributed by atoms with van der Waals surface area (Å²) in [4.78, 5) is 12.8. The molecular formula is C9H20N2O2. The predicted octanol–water partition coefficient (Wildman–Crippen LogP) is 0.391. The molecule has 78 valence electrons. The number of rotatable bonds is 7. The molecule has 1 atom stereocenters. The Morgan fingerprint density at radius 1 is 1.54 bits per heavy atom. The quantitative estimate of drug-likeness (QED) is 0.607. The fraction of sp³-hybridized carbons (Fsp3) is 0.889. The number of carboxylic acids is 1. The first-order valence-corrected chi connectivity index (χ1v) is 4.76. The van der Waals surface area contributed by atoms with Crippen molar-refractivity contribution in [2.75, 3.05) is 26.7 Å². The summed E-state index contributed by atoms with van der Waals surface area (Å²) >= 11 is 0. The summed E-state index contributed by atoms with van der Waals surface area (Å²) in [6.45, 7) is 6.45. The van der Waals surface area contributed by atoms with Gasteiger partial charge in [-0.15, -0.1) is 0 Å². The van der Waals surface area contributed by atoms with Gasteiger partial charge in [0, 0.05) is 0 Å². The van der Waals surface area contributed by atoms with Crippen LogP contribution in [0, 0.1) is 0 Å². The molecule has 0 saturated heterocycles. The average Bonchev–Trinajstić information content (AvgIpc) is 2.11. The minimum absolute atomic E-state index is 0.404. The molecule has 4 nitrogen and oxygen atoms in total. The summed E-state index contributed by atoms with van der Waals surface area (Å²) in [5, 5.41) is 11.7. The Morgan fingerprint density at radius 3 is 2.54 bits per heavy atom. The van der Waals surface area contributed by atoms with Gasteiger partial charge in [0.2, 0.25) is 0 Å². The SMILES string of the molecule is CCNC(CCN(C)CC)C(=O)O. The number of carbonyl (C=O) groups is 1. The zero-order valence-electron chi connectivity index (χ0n) is 8.71. The van der Waals surface area contributed by atoms with E-state index in [9.17, 15) is 4.79 Å². The van der Waals surface area contributed by atoms with Crippen LogP contribution in [0.25, 0.3) is 0 Å². The van der Waals surface area contributed by atoms with Crippen LogP contribution in [0.3, 0.4) is 0 Å². The van der Waals surface area contributed by atoms with Crippen LogP contribution in [0.4, 0.5) is 0 Å². The Bertz CT molecular complexity index is 151. The molecule has 4 heteroatoms. The molecule has 0 fully saturated rings. The van der Waals surface area contributed by atoms with Gasteiger partial charge >= 0.3 is 5.97 Å². The highest BCUT2D eigenvalue weighted by molar-refractivity contribution is 5.73. The summed E-state index contributed by atoms with van der Waals surface area (Å²) in [7, 11) is 1.99. The van der Waals surface area contributed by atoms with Crippen LogP contribution < -0.4 is 5.32 Å². The Kier molecular flexibility index (Phi) is 6.54. The van der Waals surface area contributed by atoms with Crippen molar-refractivity contribution < 1.29 is 9.90 Å². The number of nitrogens with zero attached hydrogens (tertiary/aromatic N) is 1. The lowest BCUT2D eigenvalue weighted by molar-refractivity contribution is -0.139. The Labute approximate surface area is 79.9 Å². The van der Waals surface area contributed by atoms with E-state index in [1.165, 1.54) is 0 Å². The molecule has 0 aliphatic heterocycles. The van der Waals surface area contributed by atoms with Crippen molar-refractivity contribution in [3.63, 3.8) is 0 Å². The first kappa shape index (κ1) is 12.4. The third-order valence-corrected chi connectivity index (χ3v) is 2.09. The molecule has 0 rings (SSSR count). The normalized spacial score (nSPS) is 13.2. The highest BCUT2D eigenvalue weighted by Crippen LogP contribution is 1.94. The van der Waals surface area contributed by atoms with E-state index in [1.807, 2.05) is 14.0 Å². The maximum absolute atomic E-state index is 10.7. The number of carboxylic acid groups (broad SMARTS) is 1. The number of nitrogens with one attached hydrogen (secondary N) is 1. The van der Waals surface area contributed by atoms with Crippen LogP contribution in [-0.2, 0) is 4.79 Å². The predicted molar refractivity (Wildman–Crippen MR) is 52.9 cm³/mol.